The molecule has 0 spiro atoms. The van der Waals surface area contributed by atoms with Crippen LogP contribution in [0, 0.1) is 5.92 Å². The molecule has 1 N–H and O–H groups in total. The van der Waals surface area contributed by atoms with Crippen LogP contribution in [0.2, 0.25) is 0 Å². The number of carbonyl (C=O) groups is 1. The molecule has 2 aliphatic rings. The quantitative estimate of drug-likeness (QED) is 0.803. The molecule has 7 heteroatoms. The molecule has 22 heavy (non-hydrogen) atoms. The fourth-order valence-electron chi connectivity index (χ4n) is 3.52. The second-order valence-electron chi connectivity index (χ2n) is 6.87. The summed E-state index contributed by atoms with van der Waals surface area (Å²) in [5, 5.41) is 2.95. The van der Waals surface area contributed by atoms with Crippen LogP contribution in [0.5, 0.6) is 0 Å². The zero-order chi connectivity index (χ0) is 16.3. The molecule has 2 aliphatic heterocycles. The van der Waals surface area contributed by atoms with Crippen molar-refractivity contribution >= 4 is 15.9 Å². The number of sulfonamides is 1. The molecule has 0 aromatic carbocycles. The van der Waals surface area contributed by atoms with E-state index in [9.17, 15) is 13.2 Å². The molecule has 128 valence electrons. The SMILES string of the molecule is C[C@@H]1CCCN([C@@H](C)CNC(=O)[C@@H]2CCCN2S(C)(=O)=O)C1. The number of piperidine rings is 1. The third kappa shape index (κ3) is 4.43. The first-order valence-corrected chi connectivity index (χ1v) is 10.1. The van der Waals surface area contributed by atoms with Gasteiger partial charge in [-0.15, -0.1) is 0 Å². The minimum atomic E-state index is -3.30. The molecule has 0 radical (unpaired) electrons. The topological polar surface area (TPSA) is 69.7 Å². The molecule has 2 heterocycles. The van der Waals surface area contributed by atoms with E-state index in [0.717, 1.165) is 19.5 Å². The number of carbonyl (C=O) groups excluding carboxylic acids is 1. The van der Waals surface area contributed by atoms with E-state index in [2.05, 4.69) is 24.1 Å². The Balaban J connectivity index is 1.84. The average Bonchev–Trinajstić information content (AvgIpc) is 2.94. The van der Waals surface area contributed by atoms with Gasteiger partial charge in [0, 0.05) is 25.7 Å². The fourth-order valence-corrected chi connectivity index (χ4v) is 4.64. The normalized spacial score (nSPS) is 29.4. The largest absolute Gasteiger partial charge is 0.353 e. The van der Waals surface area contributed by atoms with Gasteiger partial charge in [0.25, 0.3) is 0 Å². The second kappa shape index (κ2) is 7.27. The Kier molecular flexibility index (Phi) is 5.85. The lowest BCUT2D eigenvalue weighted by atomic mass is 9.99. The summed E-state index contributed by atoms with van der Waals surface area (Å²) < 4.78 is 24.7. The van der Waals surface area contributed by atoms with Gasteiger partial charge in [0.1, 0.15) is 6.04 Å². The molecule has 6 nitrogen and oxygen atoms in total. The summed E-state index contributed by atoms with van der Waals surface area (Å²) in [6.07, 6.45) is 5.04. The van der Waals surface area contributed by atoms with Crippen molar-refractivity contribution in [2.75, 3.05) is 32.4 Å². The van der Waals surface area contributed by atoms with Crippen LogP contribution in [0.1, 0.15) is 39.5 Å². The third-order valence-corrected chi connectivity index (χ3v) is 6.10. The summed E-state index contributed by atoms with van der Waals surface area (Å²) in [6.45, 7) is 7.59. The van der Waals surface area contributed by atoms with E-state index in [0.29, 0.717) is 31.5 Å². The fraction of sp³-hybridized carbons (Fsp3) is 0.933. The van der Waals surface area contributed by atoms with E-state index in [4.69, 9.17) is 0 Å². The molecular formula is C15H29N3O3S. The number of hydrogen-bond acceptors (Lipinski definition) is 4. The van der Waals surface area contributed by atoms with Crippen molar-refractivity contribution in [3.05, 3.63) is 0 Å². The summed E-state index contributed by atoms with van der Waals surface area (Å²) in [5.41, 5.74) is 0. The lowest BCUT2D eigenvalue weighted by Gasteiger charge is -2.35. The summed E-state index contributed by atoms with van der Waals surface area (Å²) in [5.74, 6) is 0.558. The van der Waals surface area contributed by atoms with Crippen LogP contribution in [0.15, 0.2) is 0 Å². The van der Waals surface area contributed by atoms with E-state index >= 15 is 0 Å². The Bertz CT molecular complexity index is 494. The van der Waals surface area contributed by atoms with Crippen molar-refractivity contribution < 1.29 is 13.2 Å². The molecule has 2 saturated heterocycles. The summed E-state index contributed by atoms with van der Waals surface area (Å²) in [6, 6.07) is -0.234. The predicted octanol–water partition coefficient (Wildman–Crippen LogP) is 0.647. The highest BCUT2D eigenvalue weighted by atomic mass is 32.2. The maximum absolute atomic E-state index is 12.3. The maximum Gasteiger partial charge on any atom is 0.238 e. The van der Waals surface area contributed by atoms with Gasteiger partial charge >= 0.3 is 0 Å². The minimum absolute atomic E-state index is 0.153. The van der Waals surface area contributed by atoms with Crippen LogP contribution in [-0.4, -0.2) is 68.0 Å². The zero-order valence-corrected chi connectivity index (χ0v) is 14.7. The number of nitrogens with zero attached hydrogens (tertiary/aromatic N) is 2. The van der Waals surface area contributed by atoms with Crippen LogP contribution in [0.4, 0.5) is 0 Å². The third-order valence-electron chi connectivity index (χ3n) is 4.82. The number of likely N-dealkylation sites (tertiary alicyclic amines) is 1. The van der Waals surface area contributed by atoms with Crippen molar-refractivity contribution in [1.82, 2.24) is 14.5 Å². The van der Waals surface area contributed by atoms with Crippen molar-refractivity contribution in [2.45, 2.75) is 51.6 Å². The molecule has 3 atom stereocenters. The van der Waals surface area contributed by atoms with Gasteiger partial charge in [0.05, 0.1) is 6.26 Å². The van der Waals surface area contributed by atoms with Crippen LogP contribution in [0.25, 0.3) is 0 Å². The molecule has 0 aromatic heterocycles. The maximum atomic E-state index is 12.3. The van der Waals surface area contributed by atoms with E-state index in [1.54, 1.807) is 0 Å². The number of rotatable bonds is 5. The van der Waals surface area contributed by atoms with Crippen molar-refractivity contribution in [3.63, 3.8) is 0 Å². The predicted molar refractivity (Wildman–Crippen MR) is 87.0 cm³/mol. The van der Waals surface area contributed by atoms with Gasteiger partial charge in [-0.2, -0.15) is 4.31 Å². The molecule has 0 bridgehead atoms. The first-order valence-electron chi connectivity index (χ1n) is 8.27. The standard InChI is InChI=1S/C15H29N3O3S/c1-12-6-4-8-17(11-12)13(2)10-16-15(19)14-7-5-9-18(14)22(3,20)21/h12-14H,4-11H2,1-3H3,(H,16,19)/t12-,13+,14+/m1/s1. The second-order valence-corrected chi connectivity index (χ2v) is 8.80. The highest BCUT2D eigenvalue weighted by Crippen LogP contribution is 2.21. The molecular weight excluding hydrogens is 302 g/mol. The van der Waals surface area contributed by atoms with Gasteiger partial charge in [0.2, 0.25) is 15.9 Å². The van der Waals surface area contributed by atoms with E-state index < -0.39 is 16.1 Å². The average molecular weight is 331 g/mol. The van der Waals surface area contributed by atoms with Crippen LogP contribution < -0.4 is 5.32 Å². The van der Waals surface area contributed by atoms with E-state index in [1.165, 1.54) is 23.4 Å². The Hall–Kier alpha value is -0.660. The summed E-state index contributed by atoms with van der Waals surface area (Å²) >= 11 is 0. The van der Waals surface area contributed by atoms with Crippen LogP contribution in [0.3, 0.4) is 0 Å². The molecule has 0 unspecified atom stereocenters. The van der Waals surface area contributed by atoms with Gasteiger partial charge in [-0.1, -0.05) is 6.92 Å². The first-order chi connectivity index (χ1) is 10.3. The van der Waals surface area contributed by atoms with Gasteiger partial charge in [0.15, 0.2) is 0 Å². The van der Waals surface area contributed by atoms with Crippen molar-refractivity contribution in [1.29, 1.82) is 0 Å². The summed E-state index contributed by atoms with van der Waals surface area (Å²) in [4.78, 5) is 14.7. The monoisotopic (exact) mass is 331 g/mol. The minimum Gasteiger partial charge on any atom is -0.353 e. The van der Waals surface area contributed by atoms with Crippen molar-refractivity contribution in [3.8, 4) is 0 Å². The molecule has 0 saturated carbocycles. The van der Waals surface area contributed by atoms with Crippen LogP contribution in [-0.2, 0) is 14.8 Å². The van der Waals surface area contributed by atoms with Gasteiger partial charge in [-0.25, -0.2) is 8.42 Å². The van der Waals surface area contributed by atoms with E-state index in [-0.39, 0.29) is 5.91 Å². The van der Waals surface area contributed by atoms with Gasteiger partial charge in [-0.05, 0) is 45.1 Å². The van der Waals surface area contributed by atoms with Crippen LogP contribution >= 0.6 is 0 Å². The lowest BCUT2D eigenvalue weighted by molar-refractivity contribution is -0.124. The number of nitrogens with one attached hydrogen (secondary N) is 1. The Morgan fingerprint density at radius 3 is 2.59 bits per heavy atom. The summed E-state index contributed by atoms with van der Waals surface area (Å²) in [7, 11) is -3.30. The lowest BCUT2D eigenvalue weighted by Crippen LogP contribution is -2.50. The Morgan fingerprint density at radius 1 is 1.27 bits per heavy atom. The molecule has 0 aromatic rings. The first kappa shape index (κ1) is 17.7. The highest BCUT2D eigenvalue weighted by Gasteiger charge is 2.36. The van der Waals surface area contributed by atoms with Crippen molar-refractivity contribution in [2.24, 2.45) is 5.92 Å². The zero-order valence-electron chi connectivity index (χ0n) is 13.9. The van der Waals surface area contributed by atoms with E-state index in [1.807, 2.05) is 0 Å². The van der Waals surface area contributed by atoms with Gasteiger partial charge < -0.3 is 5.32 Å². The number of hydrogen-bond donors (Lipinski definition) is 1. The number of amides is 1. The highest BCUT2D eigenvalue weighted by molar-refractivity contribution is 7.88. The Morgan fingerprint density at radius 2 is 1.95 bits per heavy atom. The molecule has 2 rings (SSSR count). The smallest absolute Gasteiger partial charge is 0.238 e. The van der Waals surface area contributed by atoms with Gasteiger partial charge in [-0.3, -0.25) is 9.69 Å². The Labute approximate surface area is 134 Å². The molecule has 2 fully saturated rings. The molecule has 1 amide bonds. The molecule has 0 aliphatic carbocycles.